The number of piperazine rings is 1. The van der Waals surface area contributed by atoms with Crippen LogP contribution in [0.4, 0.5) is 0 Å². The number of likely N-dealkylation sites (N-methyl/N-ethyl adjacent to an activating group) is 1. The van der Waals surface area contributed by atoms with Crippen molar-refractivity contribution in [3.05, 3.63) is 46.3 Å². The van der Waals surface area contributed by atoms with Gasteiger partial charge in [0.1, 0.15) is 0 Å². The van der Waals surface area contributed by atoms with Crippen molar-refractivity contribution in [2.45, 2.75) is 31.6 Å². The van der Waals surface area contributed by atoms with Crippen LogP contribution in [-0.4, -0.2) is 92.0 Å². The number of primary amides is 1. The maximum Gasteiger partial charge on any atom is 0.221 e. The predicted molar refractivity (Wildman–Crippen MR) is 150 cm³/mol. The fourth-order valence-corrected chi connectivity index (χ4v) is 7.89. The second-order valence-corrected chi connectivity index (χ2v) is 13.3. The Labute approximate surface area is 223 Å². The van der Waals surface area contributed by atoms with Crippen molar-refractivity contribution in [3.8, 4) is 11.1 Å². The SMILES string of the molecule is CN1CCN(CCCS(=O)(=O)N2CCC(c3c[nH]c4c(CC(N)=O)cc(-c5ccsc5)cc34)CC2)CC1. The molecule has 0 spiro atoms. The molecule has 0 atom stereocenters. The Balaban J connectivity index is 1.25. The first kappa shape index (κ1) is 26.4. The van der Waals surface area contributed by atoms with Gasteiger partial charge in [-0.3, -0.25) is 4.79 Å². The van der Waals surface area contributed by atoms with Crippen molar-refractivity contribution in [3.63, 3.8) is 0 Å². The van der Waals surface area contributed by atoms with Crippen LogP contribution in [0.2, 0.25) is 0 Å². The van der Waals surface area contributed by atoms with Gasteiger partial charge in [0.2, 0.25) is 15.9 Å². The third-order valence-electron chi connectivity index (χ3n) is 7.88. The summed E-state index contributed by atoms with van der Waals surface area (Å²) in [5, 5.41) is 5.26. The number of nitrogens with two attached hydrogens (primary N) is 1. The highest BCUT2D eigenvalue weighted by molar-refractivity contribution is 7.89. The van der Waals surface area contributed by atoms with E-state index in [9.17, 15) is 13.2 Å². The molecule has 8 nitrogen and oxygen atoms in total. The Morgan fingerprint density at radius 1 is 1.11 bits per heavy atom. The quantitative estimate of drug-likeness (QED) is 0.432. The van der Waals surface area contributed by atoms with E-state index in [1.165, 1.54) is 5.56 Å². The lowest BCUT2D eigenvalue weighted by Gasteiger charge is -2.33. The lowest BCUT2D eigenvalue weighted by molar-refractivity contribution is -0.117. The number of hydrogen-bond donors (Lipinski definition) is 2. The van der Waals surface area contributed by atoms with Crippen molar-refractivity contribution in [1.82, 2.24) is 19.1 Å². The number of nitrogens with zero attached hydrogens (tertiary/aromatic N) is 3. The highest BCUT2D eigenvalue weighted by Crippen LogP contribution is 2.37. The molecule has 37 heavy (non-hydrogen) atoms. The van der Waals surface area contributed by atoms with E-state index < -0.39 is 10.0 Å². The monoisotopic (exact) mass is 543 g/mol. The first-order valence-corrected chi connectivity index (χ1v) is 15.7. The molecule has 0 aliphatic carbocycles. The Bertz CT molecular complexity index is 1320. The minimum absolute atomic E-state index is 0.180. The first-order valence-electron chi connectivity index (χ1n) is 13.1. The number of sulfonamides is 1. The maximum absolute atomic E-state index is 13.1. The summed E-state index contributed by atoms with van der Waals surface area (Å²) in [6.45, 7) is 6.07. The average Bonchev–Trinajstić information content (AvgIpc) is 3.56. The Morgan fingerprint density at radius 2 is 1.86 bits per heavy atom. The molecule has 2 fully saturated rings. The second kappa shape index (κ2) is 11.2. The van der Waals surface area contributed by atoms with Crippen molar-refractivity contribution < 1.29 is 13.2 Å². The number of fused-ring (bicyclic) bond motifs is 1. The normalized spacial score (nSPS) is 19.1. The number of rotatable bonds is 9. The summed E-state index contributed by atoms with van der Waals surface area (Å²) in [4.78, 5) is 19.8. The van der Waals surface area contributed by atoms with Gasteiger partial charge >= 0.3 is 0 Å². The largest absolute Gasteiger partial charge is 0.369 e. The van der Waals surface area contributed by atoms with Gasteiger partial charge in [-0.25, -0.2) is 12.7 Å². The minimum Gasteiger partial charge on any atom is -0.369 e. The molecule has 2 aliphatic heterocycles. The Morgan fingerprint density at radius 3 is 2.54 bits per heavy atom. The van der Waals surface area contributed by atoms with E-state index in [0.717, 1.165) is 73.2 Å². The summed E-state index contributed by atoms with van der Waals surface area (Å²) >= 11 is 1.64. The van der Waals surface area contributed by atoms with E-state index in [1.54, 1.807) is 15.6 Å². The molecular formula is C27H37N5O3S2. The molecule has 2 aromatic heterocycles. The van der Waals surface area contributed by atoms with Gasteiger partial charge in [-0.15, -0.1) is 0 Å². The first-order chi connectivity index (χ1) is 17.8. The molecule has 0 bridgehead atoms. The summed E-state index contributed by atoms with van der Waals surface area (Å²) in [6.07, 6.45) is 4.48. The summed E-state index contributed by atoms with van der Waals surface area (Å²) in [6, 6.07) is 6.32. The lowest BCUT2D eigenvalue weighted by atomic mass is 9.88. The summed E-state index contributed by atoms with van der Waals surface area (Å²) in [7, 11) is -1.12. The molecule has 0 unspecified atom stereocenters. The van der Waals surface area contributed by atoms with Crippen LogP contribution in [0.25, 0.3) is 22.0 Å². The molecule has 4 heterocycles. The average molecular weight is 544 g/mol. The zero-order valence-corrected chi connectivity index (χ0v) is 23.1. The highest BCUT2D eigenvalue weighted by atomic mass is 32.2. The van der Waals surface area contributed by atoms with Crippen molar-refractivity contribution in [2.75, 3.05) is 58.6 Å². The van der Waals surface area contributed by atoms with E-state index in [2.05, 4.69) is 39.3 Å². The summed E-state index contributed by atoms with van der Waals surface area (Å²) in [5.41, 5.74) is 10.8. The van der Waals surface area contributed by atoms with E-state index in [-0.39, 0.29) is 24.0 Å². The molecule has 2 saturated heterocycles. The van der Waals surface area contributed by atoms with E-state index in [0.29, 0.717) is 19.5 Å². The van der Waals surface area contributed by atoms with Crippen LogP contribution < -0.4 is 5.73 Å². The van der Waals surface area contributed by atoms with Gasteiger partial charge < -0.3 is 20.5 Å². The number of piperidine rings is 1. The lowest BCUT2D eigenvalue weighted by Crippen LogP contribution is -2.45. The molecule has 3 aromatic rings. The van der Waals surface area contributed by atoms with Crippen LogP contribution >= 0.6 is 11.3 Å². The number of nitrogens with one attached hydrogen (secondary N) is 1. The number of carbonyl (C=O) groups excluding carboxylic acids is 1. The number of benzene rings is 1. The number of H-pyrrole nitrogens is 1. The third kappa shape index (κ3) is 6.09. The van der Waals surface area contributed by atoms with Crippen LogP contribution in [-0.2, 0) is 21.2 Å². The number of aromatic nitrogens is 1. The Hall–Kier alpha value is -2.24. The molecule has 1 amide bonds. The van der Waals surface area contributed by atoms with Crippen LogP contribution in [0, 0.1) is 0 Å². The van der Waals surface area contributed by atoms with Gasteiger partial charge in [0.25, 0.3) is 0 Å². The molecule has 1 aromatic carbocycles. The second-order valence-electron chi connectivity index (χ2n) is 10.4. The van der Waals surface area contributed by atoms with Crippen LogP contribution in [0.3, 0.4) is 0 Å². The van der Waals surface area contributed by atoms with E-state index in [1.807, 2.05) is 17.6 Å². The van der Waals surface area contributed by atoms with Gasteiger partial charge in [-0.05, 0) is 90.0 Å². The molecule has 0 saturated carbocycles. The van der Waals surface area contributed by atoms with Gasteiger partial charge in [-0.1, -0.05) is 0 Å². The minimum atomic E-state index is -3.25. The summed E-state index contributed by atoms with van der Waals surface area (Å²) in [5.74, 6) is 0.133. The van der Waals surface area contributed by atoms with Gasteiger partial charge in [0.15, 0.2) is 0 Å². The maximum atomic E-state index is 13.1. The van der Waals surface area contributed by atoms with Crippen LogP contribution in [0.5, 0.6) is 0 Å². The van der Waals surface area contributed by atoms with Crippen LogP contribution in [0.15, 0.2) is 35.2 Å². The zero-order chi connectivity index (χ0) is 26.0. The van der Waals surface area contributed by atoms with Gasteiger partial charge in [0, 0.05) is 56.4 Å². The predicted octanol–water partition coefficient (Wildman–Crippen LogP) is 3.07. The molecule has 10 heteroatoms. The van der Waals surface area contributed by atoms with Crippen molar-refractivity contribution in [1.29, 1.82) is 0 Å². The smallest absolute Gasteiger partial charge is 0.221 e. The number of aromatic amines is 1. The molecule has 0 radical (unpaired) electrons. The molecule has 3 N–H and O–H groups in total. The topological polar surface area (TPSA) is 103 Å². The fourth-order valence-electron chi connectivity index (χ4n) is 5.70. The highest BCUT2D eigenvalue weighted by Gasteiger charge is 2.30. The van der Waals surface area contributed by atoms with Gasteiger partial charge in [-0.2, -0.15) is 11.3 Å². The molecule has 200 valence electrons. The number of hydrogen-bond acceptors (Lipinski definition) is 6. The third-order valence-corrected chi connectivity index (χ3v) is 10.5. The number of amides is 1. The summed E-state index contributed by atoms with van der Waals surface area (Å²) < 4.78 is 27.8. The molecular weight excluding hydrogens is 506 g/mol. The van der Waals surface area contributed by atoms with Crippen molar-refractivity contribution >= 4 is 38.2 Å². The zero-order valence-electron chi connectivity index (χ0n) is 21.5. The molecule has 2 aliphatic rings. The van der Waals surface area contributed by atoms with Crippen LogP contribution in [0.1, 0.15) is 36.3 Å². The van der Waals surface area contributed by atoms with Gasteiger partial charge in [0.05, 0.1) is 12.2 Å². The van der Waals surface area contributed by atoms with E-state index in [4.69, 9.17) is 5.73 Å². The number of thiophene rings is 1. The molecule has 5 rings (SSSR count). The standard InChI is InChI=1S/C27H37N5O3S2/c1-30-9-11-31(12-10-30)6-2-14-37(34,35)32-7-3-20(4-8-32)25-18-29-27-23(17-26(28)33)15-22(16-24(25)27)21-5-13-36-19-21/h5,13,15-16,18-20,29H,2-4,6-12,14,17H2,1H3,(H2,28,33). The van der Waals surface area contributed by atoms with Crippen molar-refractivity contribution in [2.24, 2.45) is 5.73 Å². The fraction of sp³-hybridized carbons (Fsp3) is 0.519. The Kier molecular flexibility index (Phi) is 8.02. The van der Waals surface area contributed by atoms with E-state index >= 15 is 0 Å². The number of carbonyl (C=O) groups is 1.